The monoisotopic (exact) mass is 312 g/mol. The van der Waals surface area contributed by atoms with Crippen LogP contribution in [0.1, 0.15) is 46.5 Å². The summed E-state index contributed by atoms with van der Waals surface area (Å²) in [6.07, 6.45) is 1.81. The van der Waals surface area contributed by atoms with Gasteiger partial charge >= 0.3 is 5.97 Å². The first-order chi connectivity index (χ1) is 10.5. The second kappa shape index (κ2) is 9.43. The number of rotatable bonds is 7. The van der Waals surface area contributed by atoms with Crippen LogP contribution in [0, 0.1) is 5.92 Å². The molecule has 0 aromatic carbocycles. The molecule has 0 saturated carbocycles. The number of carbonyl (C=O) groups excluding carboxylic acids is 3. The van der Waals surface area contributed by atoms with Gasteiger partial charge in [0.05, 0.1) is 12.5 Å². The lowest BCUT2D eigenvalue weighted by Gasteiger charge is -2.31. The van der Waals surface area contributed by atoms with E-state index in [2.05, 4.69) is 0 Å². The van der Waals surface area contributed by atoms with E-state index in [9.17, 15) is 14.4 Å². The maximum Gasteiger partial charge on any atom is 0.309 e. The molecule has 1 rings (SSSR count). The Balaban J connectivity index is 2.34. The van der Waals surface area contributed by atoms with Crippen molar-refractivity contribution < 1.29 is 19.1 Å². The van der Waals surface area contributed by atoms with Crippen molar-refractivity contribution in [3.63, 3.8) is 0 Å². The molecule has 2 amide bonds. The third-order valence-corrected chi connectivity index (χ3v) is 4.14. The van der Waals surface area contributed by atoms with E-state index in [1.54, 1.807) is 16.7 Å². The number of hydrogen-bond acceptors (Lipinski definition) is 4. The van der Waals surface area contributed by atoms with E-state index in [-0.39, 0.29) is 36.5 Å². The minimum atomic E-state index is -0.161. The topological polar surface area (TPSA) is 66.9 Å². The summed E-state index contributed by atoms with van der Waals surface area (Å²) in [5.74, 6) is -0.227. The molecule has 1 aliphatic heterocycles. The van der Waals surface area contributed by atoms with Crippen molar-refractivity contribution in [3.05, 3.63) is 0 Å². The first kappa shape index (κ1) is 18.5. The summed E-state index contributed by atoms with van der Waals surface area (Å²) in [6, 6.07) is 0. The van der Waals surface area contributed by atoms with Gasteiger partial charge in [0.2, 0.25) is 11.8 Å². The Morgan fingerprint density at radius 1 is 1.05 bits per heavy atom. The van der Waals surface area contributed by atoms with Gasteiger partial charge in [-0.15, -0.1) is 0 Å². The van der Waals surface area contributed by atoms with Crippen LogP contribution >= 0.6 is 0 Å². The lowest BCUT2D eigenvalue weighted by atomic mass is 9.96. The first-order valence-electron chi connectivity index (χ1n) is 8.25. The maximum absolute atomic E-state index is 12.1. The Kier molecular flexibility index (Phi) is 7.91. The highest BCUT2D eigenvalue weighted by Gasteiger charge is 2.28. The fourth-order valence-corrected chi connectivity index (χ4v) is 2.73. The van der Waals surface area contributed by atoms with E-state index in [4.69, 9.17) is 4.74 Å². The van der Waals surface area contributed by atoms with Gasteiger partial charge in [-0.2, -0.15) is 0 Å². The van der Waals surface area contributed by atoms with Crippen LogP contribution < -0.4 is 0 Å². The van der Waals surface area contributed by atoms with Gasteiger partial charge < -0.3 is 14.5 Å². The van der Waals surface area contributed by atoms with Gasteiger partial charge in [-0.1, -0.05) is 0 Å². The van der Waals surface area contributed by atoms with E-state index >= 15 is 0 Å². The van der Waals surface area contributed by atoms with Crippen molar-refractivity contribution >= 4 is 17.8 Å². The molecule has 0 aromatic rings. The van der Waals surface area contributed by atoms with Crippen LogP contribution in [0.15, 0.2) is 0 Å². The van der Waals surface area contributed by atoms with Crippen LogP contribution in [0.5, 0.6) is 0 Å². The zero-order valence-corrected chi connectivity index (χ0v) is 14.0. The van der Waals surface area contributed by atoms with E-state index in [0.717, 1.165) is 0 Å². The van der Waals surface area contributed by atoms with Gasteiger partial charge in [0.15, 0.2) is 0 Å². The molecule has 1 aliphatic rings. The highest BCUT2D eigenvalue weighted by atomic mass is 16.5. The van der Waals surface area contributed by atoms with Gasteiger partial charge in [0.1, 0.15) is 0 Å². The molecule has 126 valence electrons. The predicted molar refractivity (Wildman–Crippen MR) is 83.1 cm³/mol. The first-order valence-corrected chi connectivity index (χ1v) is 8.25. The Morgan fingerprint density at radius 2 is 1.64 bits per heavy atom. The summed E-state index contributed by atoms with van der Waals surface area (Å²) < 4.78 is 5.01. The van der Waals surface area contributed by atoms with Gasteiger partial charge in [-0.25, -0.2) is 0 Å². The van der Waals surface area contributed by atoms with E-state index in [1.807, 2.05) is 13.8 Å². The second-order valence-corrected chi connectivity index (χ2v) is 5.47. The lowest BCUT2D eigenvalue weighted by Crippen LogP contribution is -2.41. The Labute approximate surface area is 132 Å². The Hall–Kier alpha value is -1.59. The van der Waals surface area contributed by atoms with Crippen LogP contribution in [-0.2, 0) is 19.1 Å². The molecule has 0 aromatic heterocycles. The Morgan fingerprint density at radius 3 is 2.14 bits per heavy atom. The molecule has 1 saturated heterocycles. The lowest BCUT2D eigenvalue weighted by molar-refractivity contribution is -0.151. The second-order valence-electron chi connectivity index (χ2n) is 5.47. The zero-order valence-electron chi connectivity index (χ0n) is 14.0. The van der Waals surface area contributed by atoms with Crippen molar-refractivity contribution in [2.75, 3.05) is 32.8 Å². The number of hydrogen-bond donors (Lipinski definition) is 0. The van der Waals surface area contributed by atoms with Gasteiger partial charge in [-0.3, -0.25) is 14.4 Å². The molecule has 1 fully saturated rings. The molecule has 0 radical (unpaired) electrons. The number of carbonyl (C=O) groups is 3. The SMILES string of the molecule is CCOC(=O)C1CCN(C(=O)CCC(=O)N(CC)CC)CC1. The normalized spacial score (nSPS) is 15.5. The molecular weight excluding hydrogens is 284 g/mol. The summed E-state index contributed by atoms with van der Waals surface area (Å²) in [5.41, 5.74) is 0. The van der Waals surface area contributed by atoms with Crippen molar-refractivity contribution in [2.24, 2.45) is 5.92 Å². The molecule has 0 bridgehead atoms. The zero-order chi connectivity index (χ0) is 16.5. The maximum atomic E-state index is 12.1. The van der Waals surface area contributed by atoms with Crippen molar-refractivity contribution in [3.8, 4) is 0 Å². The highest BCUT2D eigenvalue weighted by molar-refractivity contribution is 5.84. The third-order valence-electron chi connectivity index (χ3n) is 4.14. The van der Waals surface area contributed by atoms with Gasteiger partial charge in [0.25, 0.3) is 0 Å². The number of nitrogens with zero attached hydrogens (tertiary/aromatic N) is 2. The summed E-state index contributed by atoms with van der Waals surface area (Å²) in [6.45, 7) is 8.55. The average molecular weight is 312 g/mol. The van der Waals surface area contributed by atoms with Gasteiger partial charge in [-0.05, 0) is 33.6 Å². The number of esters is 1. The molecule has 0 atom stereocenters. The third kappa shape index (κ3) is 5.31. The van der Waals surface area contributed by atoms with Crippen LogP contribution in [0.25, 0.3) is 0 Å². The quantitative estimate of drug-likeness (QED) is 0.667. The molecular formula is C16H28N2O4. The fourth-order valence-electron chi connectivity index (χ4n) is 2.73. The number of likely N-dealkylation sites (tertiary alicyclic amines) is 1. The molecule has 0 aliphatic carbocycles. The summed E-state index contributed by atoms with van der Waals surface area (Å²) >= 11 is 0. The van der Waals surface area contributed by atoms with E-state index < -0.39 is 0 Å². The van der Waals surface area contributed by atoms with Crippen LogP contribution in [0.2, 0.25) is 0 Å². The number of ether oxygens (including phenoxy) is 1. The van der Waals surface area contributed by atoms with Gasteiger partial charge in [0, 0.05) is 39.0 Å². The minimum absolute atomic E-state index is 0.00261. The summed E-state index contributed by atoms with van der Waals surface area (Å²) in [7, 11) is 0. The molecule has 6 heteroatoms. The molecule has 22 heavy (non-hydrogen) atoms. The standard InChI is InChI=1S/C16H28N2O4/c1-4-17(5-2)14(19)7-8-15(20)18-11-9-13(10-12-18)16(21)22-6-3/h13H,4-12H2,1-3H3. The highest BCUT2D eigenvalue weighted by Crippen LogP contribution is 2.19. The summed E-state index contributed by atoms with van der Waals surface area (Å²) in [5, 5.41) is 0. The van der Waals surface area contributed by atoms with Crippen LogP contribution in [-0.4, -0.2) is 60.4 Å². The predicted octanol–water partition coefficient (Wildman–Crippen LogP) is 1.44. The number of amides is 2. The minimum Gasteiger partial charge on any atom is -0.466 e. The molecule has 0 spiro atoms. The fraction of sp³-hybridized carbons (Fsp3) is 0.812. The van der Waals surface area contributed by atoms with Crippen molar-refractivity contribution in [1.82, 2.24) is 9.80 Å². The van der Waals surface area contributed by atoms with Crippen molar-refractivity contribution in [2.45, 2.75) is 46.5 Å². The summed E-state index contributed by atoms with van der Waals surface area (Å²) in [4.78, 5) is 39.2. The van der Waals surface area contributed by atoms with Crippen LogP contribution in [0.4, 0.5) is 0 Å². The van der Waals surface area contributed by atoms with E-state index in [1.165, 1.54) is 0 Å². The van der Waals surface area contributed by atoms with Crippen LogP contribution in [0.3, 0.4) is 0 Å². The molecule has 6 nitrogen and oxygen atoms in total. The Bertz CT molecular complexity index is 386. The smallest absolute Gasteiger partial charge is 0.309 e. The largest absolute Gasteiger partial charge is 0.466 e. The average Bonchev–Trinajstić information content (AvgIpc) is 2.54. The van der Waals surface area contributed by atoms with Crippen molar-refractivity contribution in [1.29, 1.82) is 0 Å². The molecule has 0 unspecified atom stereocenters. The number of piperidine rings is 1. The molecule has 0 N–H and O–H groups in total. The van der Waals surface area contributed by atoms with E-state index in [0.29, 0.717) is 45.6 Å². The molecule has 1 heterocycles.